The Kier molecular flexibility index (Phi) is 10.6. The van der Waals surface area contributed by atoms with Crippen LogP contribution in [0.1, 0.15) is 66.2 Å². The summed E-state index contributed by atoms with van der Waals surface area (Å²) < 4.78 is 6.70. The van der Waals surface area contributed by atoms with E-state index in [9.17, 15) is 0 Å². The normalized spacial score (nSPS) is 12.0. The van der Waals surface area contributed by atoms with Gasteiger partial charge in [0.25, 0.3) is 0 Å². The van der Waals surface area contributed by atoms with E-state index in [1.807, 2.05) is 0 Å². The molecule has 0 saturated heterocycles. The van der Waals surface area contributed by atoms with E-state index in [1.54, 1.807) is 16.7 Å². The summed E-state index contributed by atoms with van der Waals surface area (Å²) in [7, 11) is 0. The third-order valence-electron chi connectivity index (χ3n) is 3.93. The molecule has 1 heteroatoms. The van der Waals surface area contributed by atoms with Crippen molar-refractivity contribution in [2.45, 2.75) is 82.9 Å². The van der Waals surface area contributed by atoms with Crippen molar-refractivity contribution in [2.24, 2.45) is 0 Å². The Morgan fingerprint density at radius 3 is 1.13 bits per heavy atom. The molecule has 0 aliphatic rings. The van der Waals surface area contributed by atoms with Gasteiger partial charge in [-0.25, -0.2) is 0 Å². The van der Waals surface area contributed by atoms with Crippen LogP contribution in [-0.2, 0) is 20.0 Å². The Labute approximate surface area is 103 Å². The summed E-state index contributed by atoms with van der Waals surface area (Å²) >= 11 is -1.75. The van der Waals surface area contributed by atoms with Gasteiger partial charge in [-0.2, -0.15) is 0 Å². The molecule has 0 aliphatic carbocycles. The molecule has 15 heavy (non-hydrogen) atoms. The van der Waals surface area contributed by atoms with Crippen LogP contribution in [0.2, 0.25) is 16.7 Å². The van der Waals surface area contributed by atoms with Crippen molar-refractivity contribution in [3.63, 3.8) is 0 Å². The van der Waals surface area contributed by atoms with Crippen LogP contribution in [0.5, 0.6) is 0 Å². The zero-order valence-corrected chi connectivity index (χ0v) is 15.2. The van der Waals surface area contributed by atoms with Crippen LogP contribution in [0.25, 0.3) is 0 Å². The van der Waals surface area contributed by atoms with Crippen molar-refractivity contribution in [3.8, 4) is 0 Å². The summed E-state index contributed by atoms with van der Waals surface area (Å²) in [4.78, 5) is 0. The van der Waals surface area contributed by atoms with E-state index in [0.29, 0.717) is 0 Å². The Balaban J connectivity index is 4.16. The standard InChI is InChI=1S/3C4H9.C2H5.Hf/c3*1-3-4-2;1-2;/h3*1,3-4H2,2H3;1H2,2H3;. The maximum atomic E-state index is 2.50. The van der Waals surface area contributed by atoms with Crippen molar-refractivity contribution in [2.75, 3.05) is 0 Å². The zero-order valence-electron chi connectivity index (χ0n) is 11.6. The second kappa shape index (κ2) is 10.1. The molecule has 0 aromatic rings. The summed E-state index contributed by atoms with van der Waals surface area (Å²) in [5.41, 5.74) is 0. The van der Waals surface area contributed by atoms with Gasteiger partial charge in [0.1, 0.15) is 0 Å². The van der Waals surface area contributed by atoms with Crippen LogP contribution < -0.4 is 0 Å². The average Bonchev–Trinajstić information content (AvgIpc) is 2.29. The fourth-order valence-corrected chi connectivity index (χ4v) is 21.0. The third kappa shape index (κ3) is 6.92. The summed E-state index contributed by atoms with van der Waals surface area (Å²) in [6.07, 6.45) is 8.84. The predicted octanol–water partition coefficient (Wildman–Crippen LogP) is 6.23. The van der Waals surface area contributed by atoms with Gasteiger partial charge in [0.15, 0.2) is 0 Å². The molecule has 0 N–H and O–H groups in total. The first-order valence-electron chi connectivity index (χ1n) is 7.24. The molecule has 0 amide bonds. The molecule has 0 spiro atoms. The fraction of sp³-hybridized carbons (Fsp3) is 1.00. The Bertz CT molecular complexity index is 110. The molecular formula is C14H32Hf. The maximum absolute atomic E-state index is 2.50. The van der Waals surface area contributed by atoms with E-state index >= 15 is 0 Å². The van der Waals surface area contributed by atoms with Crippen molar-refractivity contribution in [1.29, 1.82) is 0 Å². The minimum absolute atomic E-state index is 1.42. The van der Waals surface area contributed by atoms with E-state index in [0.717, 1.165) is 0 Å². The minimum atomic E-state index is -1.75. The van der Waals surface area contributed by atoms with Gasteiger partial charge >= 0.3 is 103 Å². The monoisotopic (exact) mass is 380 g/mol. The van der Waals surface area contributed by atoms with Gasteiger partial charge in [-0.1, -0.05) is 0 Å². The van der Waals surface area contributed by atoms with Gasteiger partial charge in [0.2, 0.25) is 0 Å². The molecule has 0 nitrogen and oxygen atoms in total. The molecular weight excluding hydrogens is 347 g/mol. The van der Waals surface area contributed by atoms with E-state index in [4.69, 9.17) is 0 Å². The second-order valence-electron chi connectivity index (χ2n) is 5.16. The van der Waals surface area contributed by atoms with E-state index in [2.05, 4.69) is 27.7 Å². The van der Waals surface area contributed by atoms with Gasteiger partial charge in [0.05, 0.1) is 0 Å². The number of unbranched alkanes of at least 4 members (excludes halogenated alkanes) is 3. The van der Waals surface area contributed by atoms with Crippen molar-refractivity contribution in [3.05, 3.63) is 0 Å². The average molecular weight is 379 g/mol. The van der Waals surface area contributed by atoms with E-state index < -0.39 is 20.0 Å². The molecule has 0 saturated carbocycles. The molecule has 92 valence electrons. The molecule has 0 aliphatic heterocycles. The quantitative estimate of drug-likeness (QED) is 0.395. The fourth-order valence-electron chi connectivity index (χ4n) is 2.56. The number of hydrogen-bond acceptors (Lipinski definition) is 0. The molecule has 0 atom stereocenters. The molecule has 0 fully saturated rings. The Hall–Kier alpha value is 0.870. The number of hydrogen-bond donors (Lipinski definition) is 0. The van der Waals surface area contributed by atoms with Gasteiger partial charge in [-0.05, 0) is 0 Å². The first kappa shape index (κ1) is 15.9. The van der Waals surface area contributed by atoms with Crippen LogP contribution in [0, 0.1) is 0 Å². The molecule has 0 aromatic heterocycles. The molecule has 0 aromatic carbocycles. The van der Waals surface area contributed by atoms with Gasteiger partial charge < -0.3 is 0 Å². The summed E-state index contributed by atoms with van der Waals surface area (Å²) in [5, 5.41) is 0. The molecule has 0 unspecified atom stereocenters. The van der Waals surface area contributed by atoms with Crippen LogP contribution >= 0.6 is 0 Å². The first-order chi connectivity index (χ1) is 7.24. The Morgan fingerprint density at radius 2 is 0.933 bits per heavy atom. The van der Waals surface area contributed by atoms with Crippen LogP contribution in [0.15, 0.2) is 0 Å². The SMILES string of the molecule is CCC[CH2][Hf]([CH2]C)([CH2]CCC)[CH2]CCC. The van der Waals surface area contributed by atoms with Crippen LogP contribution in [0.4, 0.5) is 0 Å². The van der Waals surface area contributed by atoms with Crippen molar-refractivity contribution in [1.82, 2.24) is 0 Å². The third-order valence-corrected chi connectivity index (χ3v) is 24.6. The van der Waals surface area contributed by atoms with Gasteiger partial charge in [-0.3, -0.25) is 0 Å². The van der Waals surface area contributed by atoms with E-state index in [1.165, 1.54) is 38.5 Å². The zero-order chi connectivity index (χ0) is 11.6. The van der Waals surface area contributed by atoms with Gasteiger partial charge in [0, 0.05) is 0 Å². The molecule has 0 bridgehead atoms. The van der Waals surface area contributed by atoms with Crippen LogP contribution in [-0.4, -0.2) is 0 Å². The predicted molar refractivity (Wildman–Crippen MR) is 69.6 cm³/mol. The summed E-state index contributed by atoms with van der Waals surface area (Å²) in [6.45, 7) is 9.57. The molecule has 0 radical (unpaired) electrons. The van der Waals surface area contributed by atoms with Crippen molar-refractivity contribution >= 4 is 0 Å². The first-order valence-corrected chi connectivity index (χ1v) is 17.4. The van der Waals surface area contributed by atoms with Crippen molar-refractivity contribution < 1.29 is 20.0 Å². The van der Waals surface area contributed by atoms with E-state index in [-0.39, 0.29) is 0 Å². The summed E-state index contributed by atoms with van der Waals surface area (Å²) in [6, 6.07) is 0. The summed E-state index contributed by atoms with van der Waals surface area (Å²) in [5.74, 6) is 0. The topological polar surface area (TPSA) is 0 Å². The molecule has 0 heterocycles. The number of rotatable bonds is 10. The second-order valence-corrected chi connectivity index (χ2v) is 23.9. The molecule has 0 rings (SSSR count). The Morgan fingerprint density at radius 1 is 0.600 bits per heavy atom. The van der Waals surface area contributed by atoms with Gasteiger partial charge in [-0.15, -0.1) is 0 Å². The van der Waals surface area contributed by atoms with Crippen LogP contribution in [0.3, 0.4) is 0 Å².